The fraction of sp³-hybridized carbons (Fsp3) is 0.358. The van der Waals surface area contributed by atoms with E-state index in [1.807, 2.05) is 0 Å². The van der Waals surface area contributed by atoms with Crippen molar-refractivity contribution in [3.63, 3.8) is 0 Å². The van der Waals surface area contributed by atoms with Gasteiger partial charge in [0.15, 0.2) is 0 Å². The van der Waals surface area contributed by atoms with Gasteiger partial charge < -0.3 is 0 Å². The molecule has 1 aliphatic rings. The molecule has 0 aromatic heterocycles. The topological polar surface area (TPSA) is 0 Å². The Kier molecular flexibility index (Phi) is 10.4. The minimum atomic E-state index is 0.0535. The third kappa shape index (κ3) is 6.69. The first kappa shape index (κ1) is 35.6. The second-order valence-electron chi connectivity index (χ2n) is 16.4. The van der Waals surface area contributed by atoms with Crippen molar-refractivity contribution in [2.45, 2.75) is 123 Å². The number of aryl methyl sites for hydroxylation is 2. The van der Waals surface area contributed by atoms with Gasteiger partial charge in [-0.2, -0.15) is 0 Å². The highest BCUT2D eigenvalue weighted by Gasteiger charge is 2.42. The lowest BCUT2D eigenvalue weighted by molar-refractivity contribution is 0.398. The molecule has 0 atom stereocenters. The van der Waals surface area contributed by atoms with Gasteiger partial charge in [0.25, 0.3) is 0 Å². The molecule has 0 unspecified atom stereocenters. The molecule has 53 heavy (non-hydrogen) atoms. The second kappa shape index (κ2) is 15.5. The van der Waals surface area contributed by atoms with Crippen LogP contribution >= 0.6 is 0 Å². The van der Waals surface area contributed by atoms with Gasteiger partial charge in [-0.05, 0) is 139 Å². The van der Waals surface area contributed by atoms with Crippen LogP contribution in [0.4, 0.5) is 0 Å². The SMILES string of the molecule is CCCCCCCCC1(CCCCCCCC)c2cc(C)ccc2-c2ccc(-c3c4cc5ccccc5cc4c(C)c4cc5ccccc5cc34)cc21. The zero-order valence-electron chi connectivity index (χ0n) is 32.8. The highest BCUT2D eigenvalue weighted by atomic mass is 14.5. The maximum Gasteiger partial charge on any atom is 0.0215 e. The first-order chi connectivity index (χ1) is 26.0. The summed E-state index contributed by atoms with van der Waals surface area (Å²) in [5, 5.41) is 10.7. The van der Waals surface area contributed by atoms with Crippen molar-refractivity contribution >= 4 is 43.1 Å². The molecule has 0 fully saturated rings. The van der Waals surface area contributed by atoms with Crippen LogP contribution in [0.2, 0.25) is 0 Å². The summed E-state index contributed by atoms with van der Waals surface area (Å²) in [6.07, 6.45) is 18.5. The quantitative estimate of drug-likeness (QED) is 0.0740. The van der Waals surface area contributed by atoms with Crippen LogP contribution in [0, 0.1) is 13.8 Å². The van der Waals surface area contributed by atoms with Gasteiger partial charge in [0.05, 0.1) is 0 Å². The van der Waals surface area contributed by atoms with Crippen LogP contribution in [-0.2, 0) is 5.41 Å². The number of rotatable bonds is 15. The standard InChI is InChI=1S/C53H58/c1-5-7-9-11-13-19-29-53(30-20-14-12-10-8-6-2)50-31-37(3)25-27-44(50)45-28-26-43(36-51(45)53)52-48-34-41-23-17-15-21-39(41)32-46(48)38(4)47-33-40-22-16-18-24-42(40)35-49(47)52/h15-18,21-28,31-36H,5-14,19-20,29-30H2,1-4H3. The largest absolute Gasteiger partial charge is 0.0654 e. The monoisotopic (exact) mass is 694 g/mol. The molecule has 0 N–H and O–H groups in total. The van der Waals surface area contributed by atoms with Crippen LogP contribution < -0.4 is 0 Å². The van der Waals surface area contributed by atoms with Crippen LogP contribution in [0.5, 0.6) is 0 Å². The van der Waals surface area contributed by atoms with E-state index in [4.69, 9.17) is 0 Å². The molecule has 270 valence electrons. The molecule has 0 bridgehead atoms. The van der Waals surface area contributed by atoms with E-state index in [2.05, 4.69) is 137 Å². The molecule has 0 heterocycles. The lowest BCUT2D eigenvalue weighted by atomic mass is 9.70. The zero-order valence-corrected chi connectivity index (χ0v) is 32.8. The number of benzene rings is 7. The predicted octanol–water partition coefficient (Wildman–Crippen LogP) is 16.4. The highest BCUT2D eigenvalue weighted by molar-refractivity contribution is 6.20. The number of fused-ring (bicyclic) bond motifs is 7. The molecular weight excluding hydrogens is 637 g/mol. The van der Waals surface area contributed by atoms with E-state index in [0.717, 1.165) is 0 Å². The van der Waals surface area contributed by atoms with Gasteiger partial charge in [-0.25, -0.2) is 0 Å². The van der Waals surface area contributed by atoms with Gasteiger partial charge in [0.1, 0.15) is 0 Å². The minimum absolute atomic E-state index is 0.0535. The summed E-state index contributed by atoms with van der Waals surface area (Å²) in [7, 11) is 0. The van der Waals surface area contributed by atoms with Crippen molar-refractivity contribution in [1.82, 2.24) is 0 Å². The average molecular weight is 695 g/mol. The van der Waals surface area contributed by atoms with E-state index in [1.54, 1.807) is 11.1 Å². The fourth-order valence-electron chi connectivity index (χ4n) is 9.96. The zero-order chi connectivity index (χ0) is 36.4. The van der Waals surface area contributed by atoms with Crippen LogP contribution in [0.1, 0.15) is 126 Å². The maximum absolute atomic E-state index is 2.67. The molecule has 0 spiro atoms. The van der Waals surface area contributed by atoms with E-state index in [9.17, 15) is 0 Å². The van der Waals surface area contributed by atoms with Gasteiger partial charge in [0.2, 0.25) is 0 Å². The van der Waals surface area contributed by atoms with E-state index in [1.165, 1.54) is 166 Å². The highest BCUT2D eigenvalue weighted by Crippen LogP contribution is 2.56. The molecule has 1 aliphatic carbocycles. The lowest BCUT2D eigenvalue weighted by Gasteiger charge is -2.33. The minimum Gasteiger partial charge on any atom is -0.0654 e. The Morgan fingerprint density at radius 3 is 1.36 bits per heavy atom. The van der Waals surface area contributed by atoms with E-state index >= 15 is 0 Å². The maximum atomic E-state index is 2.67. The Balaban J connectivity index is 1.34. The molecule has 7 aromatic rings. The number of hydrogen-bond donors (Lipinski definition) is 0. The van der Waals surface area contributed by atoms with Crippen molar-refractivity contribution < 1.29 is 0 Å². The molecule has 8 rings (SSSR count). The Bertz CT molecular complexity index is 2290. The van der Waals surface area contributed by atoms with Crippen LogP contribution in [0.15, 0.2) is 109 Å². The summed E-state index contributed by atoms with van der Waals surface area (Å²) in [6, 6.07) is 42.7. The summed E-state index contributed by atoms with van der Waals surface area (Å²) in [6.45, 7) is 9.29. The van der Waals surface area contributed by atoms with Crippen molar-refractivity contribution in [3.05, 3.63) is 131 Å². The van der Waals surface area contributed by atoms with Crippen molar-refractivity contribution in [3.8, 4) is 22.3 Å². The third-order valence-corrected chi connectivity index (χ3v) is 12.8. The molecular formula is C53H58. The molecule has 0 amide bonds. The summed E-state index contributed by atoms with van der Waals surface area (Å²) in [4.78, 5) is 0. The average Bonchev–Trinajstić information content (AvgIpc) is 3.44. The molecule has 0 heteroatoms. The van der Waals surface area contributed by atoms with Crippen molar-refractivity contribution in [1.29, 1.82) is 0 Å². The summed E-state index contributed by atoms with van der Waals surface area (Å²) < 4.78 is 0. The number of unbranched alkanes of at least 4 members (excludes halogenated alkanes) is 10. The van der Waals surface area contributed by atoms with E-state index in [-0.39, 0.29) is 5.41 Å². The normalized spacial score (nSPS) is 13.4. The Hall–Kier alpha value is -4.42. The molecule has 0 nitrogen and oxygen atoms in total. The summed E-state index contributed by atoms with van der Waals surface area (Å²) in [5.74, 6) is 0. The smallest absolute Gasteiger partial charge is 0.0215 e. The first-order valence-electron chi connectivity index (χ1n) is 21.1. The van der Waals surface area contributed by atoms with Gasteiger partial charge >= 0.3 is 0 Å². The van der Waals surface area contributed by atoms with Crippen LogP contribution in [0.3, 0.4) is 0 Å². The Morgan fingerprint density at radius 1 is 0.415 bits per heavy atom. The second-order valence-corrected chi connectivity index (χ2v) is 16.4. The molecule has 0 saturated carbocycles. The van der Waals surface area contributed by atoms with Crippen LogP contribution in [0.25, 0.3) is 65.3 Å². The van der Waals surface area contributed by atoms with E-state index < -0.39 is 0 Å². The predicted molar refractivity (Wildman–Crippen MR) is 234 cm³/mol. The Morgan fingerprint density at radius 2 is 0.849 bits per heavy atom. The summed E-state index contributed by atoms with van der Waals surface area (Å²) >= 11 is 0. The molecule has 0 radical (unpaired) electrons. The molecule has 7 aromatic carbocycles. The lowest BCUT2D eigenvalue weighted by Crippen LogP contribution is -2.25. The van der Waals surface area contributed by atoms with Gasteiger partial charge in [-0.3, -0.25) is 0 Å². The van der Waals surface area contributed by atoms with Crippen molar-refractivity contribution in [2.24, 2.45) is 0 Å². The van der Waals surface area contributed by atoms with Gasteiger partial charge in [-0.1, -0.05) is 175 Å². The van der Waals surface area contributed by atoms with Crippen LogP contribution in [-0.4, -0.2) is 0 Å². The van der Waals surface area contributed by atoms with Gasteiger partial charge in [0, 0.05) is 5.41 Å². The van der Waals surface area contributed by atoms with E-state index in [0.29, 0.717) is 0 Å². The Labute approximate surface area is 318 Å². The van der Waals surface area contributed by atoms with Gasteiger partial charge in [-0.15, -0.1) is 0 Å². The number of hydrogen-bond acceptors (Lipinski definition) is 0. The van der Waals surface area contributed by atoms with Crippen molar-refractivity contribution in [2.75, 3.05) is 0 Å². The fourth-order valence-corrected chi connectivity index (χ4v) is 9.96. The molecule has 0 saturated heterocycles. The first-order valence-corrected chi connectivity index (χ1v) is 21.1. The third-order valence-electron chi connectivity index (χ3n) is 12.8. The summed E-state index contributed by atoms with van der Waals surface area (Å²) in [5.41, 5.74) is 11.7. The molecule has 0 aliphatic heterocycles.